The molecule has 0 aliphatic carbocycles. The molecular formula is C20H21BrN2O4S2. The van der Waals surface area contributed by atoms with Gasteiger partial charge in [0.2, 0.25) is 10.0 Å². The van der Waals surface area contributed by atoms with Crippen molar-refractivity contribution in [3.8, 4) is 0 Å². The second-order valence-electron chi connectivity index (χ2n) is 7.33. The van der Waals surface area contributed by atoms with Gasteiger partial charge >= 0.3 is 0 Å². The summed E-state index contributed by atoms with van der Waals surface area (Å²) in [5.41, 5.74) is 2.30. The quantitative estimate of drug-likeness (QED) is 0.593. The number of para-hydroxylation sites is 1. The van der Waals surface area contributed by atoms with Gasteiger partial charge in [0.1, 0.15) is 0 Å². The molecule has 29 heavy (non-hydrogen) atoms. The number of rotatable bonds is 4. The van der Waals surface area contributed by atoms with Gasteiger partial charge in [0, 0.05) is 40.9 Å². The topological polar surface area (TPSA) is 87.3 Å². The Kier molecular flexibility index (Phi) is 5.35. The molecule has 6 nitrogen and oxygen atoms in total. The number of hydrogen-bond donors (Lipinski definition) is 1. The smallest absolute Gasteiger partial charge is 0.244 e. The van der Waals surface area contributed by atoms with E-state index in [-0.39, 0.29) is 15.7 Å². The lowest BCUT2D eigenvalue weighted by Gasteiger charge is -2.31. The summed E-state index contributed by atoms with van der Waals surface area (Å²) in [6.07, 6.45) is 4.51. The molecule has 0 radical (unpaired) electrons. The Balaban J connectivity index is 1.58. The number of benzene rings is 2. The molecule has 0 unspecified atom stereocenters. The third-order valence-electron chi connectivity index (χ3n) is 5.46. The van der Waals surface area contributed by atoms with E-state index >= 15 is 0 Å². The van der Waals surface area contributed by atoms with Gasteiger partial charge in [-0.25, -0.2) is 16.8 Å². The normalized spacial score (nSPS) is 17.0. The first-order chi connectivity index (χ1) is 13.7. The number of aromatic amines is 1. The van der Waals surface area contributed by atoms with Gasteiger partial charge in [-0.05, 0) is 64.5 Å². The summed E-state index contributed by atoms with van der Waals surface area (Å²) in [5.74, 6) is 0.281. The van der Waals surface area contributed by atoms with E-state index in [1.807, 2.05) is 24.4 Å². The Morgan fingerprint density at radius 2 is 1.72 bits per heavy atom. The minimum Gasteiger partial charge on any atom is -0.361 e. The van der Waals surface area contributed by atoms with Crippen LogP contribution >= 0.6 is 15.9 Å². The maximum atomic E-state index is 13.2. The Labute approximate surface area is 179 Å². The monoisotopic (exact) mass is 496 g/mol. The number of hydrogen-bond acceptors (Lipinski definition) is 4. The number of nitrogens with one attached hydrogen (secondary N) is 1. The van der Waals surface area contributed by atoms with Crippen molar-refractivity contribution in [2.75, 3.05) is 19.3 Å². The van der Waals surface area contributed by atoms with Crippen LogP contribution in [-0.4, -0.2) is 45.5 Å². The largest absolute Gasteiger partial charge is 0.361 e. The third kappa shape index (κ3) is 3.88. The van der Waals surface area contributed by atoms with E-state index in [1.165, 1.54) is 33.5 Å². The van der Waals surface area contributed by atoms with Gasteiger partial charge in [0.05, 0.1) is 9.79 Å². The number of nitrogens with zero attached hydrogens (tertiary/aromatic N) is 1. The Morgan fingerprint density at radius 1 is 1.03 bits per heavy atom. The van der Waals surface area contributed by atoms with Gasteiger partial charge in [-0.1, -0.05) is 18.2 Å². The van der Waals surface area contributed by atoms with Crippen molar-refractivity contribution < 1.29 is 16.8 Å². The molecule has 1 N–H and O–H groups in total. The van der Waals surface area contributed by atoms with Crippen molar-refractivity contribution in [2.24, 2.45) is 0 Å². The fourth-order valence-electron chi connectivity index (χ4n) is 3.89. The highest BCUT2D eigenvalue weighted by molar-refractivity contribution is 9.10. The molecule has 0 atom stereocenters. The van der Waals surface area contributed by atoms with Gasteiger partial charge in [-0.2, -0.15) is 4.31 Å². The highest BCUT2D eigenvalue weighted by Gasteiger charge is 2.32. The first-order valence-electron chi connectivity index (χ1n) is 9.24. The van der Waals surface area contributed by atoms with Crippen molar-refractivity contribution in [3.05, 3.63) is 58.7 Å². The molecule has 0 saturated carbocycles. The second-order valence-corrected chi connectivity index (χ2v) is 12.1. The number of aromatic nitrogens is 1. The average molecular weight is 497 g/mol. The number of piperidine rings is 1. The number of fused-ring (bicyclic) bond motifs is 1. The number of halogens is 1. The zero-order valence-corrected chi connectivity index (χ0v) is 19.0. The van der Waals surface area contributed by atoms with Gasteiger partial charge in [-0.3, -0.25) is 0 Å². The van der Waals surface area contributed by atoms with Crippen LogP contribution in [0.3, 0.4) is 0 Å². The maximum absolute atomic E-state index is 13.2. The average Bonchev–Trinajstić information content (AvgIpc) is 3.11. The SMILES string of the molecule is CS(=O)(=O)c1ccc(Br)c(S(=O)(=O)N2CCC(c3c[nH]c4ccccc34)CC2)c1. The van der Waals surface area contributed by atoms with Gasteiger partial charge in [0.15, 0.2) is 9.84 Å². The van der Waals surface area contributed by atoms with Gasteiger partial charge in [0.25, 0.3) is 0 Å². The number of sulfonamides is 1. The molecule has 1 fully saturated rings. The Morgan fingerprint density at radius 3 is 2.41 bits per heavy atom. The van der Waals surface area contributed by atoms with Gasteiger partial charge < -0.3 is 4.98 Å². The van der Waals surface area contributed by atoms with E-state index in [2.05, 4.69) is 27.0 Å². The molecular weight excluding hydrogens is 476 g/mol. The molecule has 9 heteroatoms. The first kappa shape index (κ1) is 20.6. The van der Waals surface area contributed by atoms with E-state index in [9.17, 15) is 16.8 Å². The highest BCUT2D eigenvalue weighted by atomic mass is 79.9. The van der Waals surface area contributed by atoms with Crippen LogP contribution in [0.4, 0.5) is 0 Å². The van der Waals surface area contributed by atoms with Crippen molar-refractivity contribution in [1.82, 2.24) is 9.29 Å². The zero-order valence-electron chi connectivity index (χ0n) is 15.8. The van der Waals surface area contributed by atoms with Crippen molar-refractivity contribution in [1.29, 1.82) is 0 Å². The summed E-state index contributed by atoms with van der Waals surface area (Å²) in [7, 11) is -7.30. The lowest BCUT2D eigenvalue weighted by molar-refractivity contribution is 0.320. The molecule has 0 amide bonds. The van der Waals surface area contributed by atoms with Crippen LogP contribution < -0.4 is 0 Å². The molecule has 1 aromatic heterocycles. The summed E-state index contributed by atoms with van der Waals surface area (Å²) >= 11 is 3.27. The number of sulfone groups is 1. The minimum atomic E-state index is -3.80. The maximum Gasteiger partial charge on any atom is 0.244 e. The Hall–Kier alpha value is -1.68. The minimum absolute atomic E-state index is 0.00652. The molecule has 4 rings (SSSR count). The van der Waals surface area contributed by atoms with Crippen LogP contribution in [0.2, 0.25) is 0 Å². The fourth-order valence-corrected chi connectivity index (χ4v) is 7.03. The van der Waals surface area contributed by atoms with Crippen LogP contribution in [0.25, 0.3) is 10.9 Å². The Bertz CT molecular complexity index is 1270. The molecule has 154 valence electrons. The third-order valence-corrected chi connectivity index (χ3v) is 9.47. The first-order valence-corrected chi connectivity index (χ1v) is 13.4. The molecule has 1 aliphatic heterocycles. The molecule has 1 saturated heterocycles. The van der Waals surface area contributed by atoms with Crippen molar-refractivity contribution >= 4 is 46.7 Å². The molecule has 3 aromatic rings. The predicted octanol–water partition coefficient (Wildman–Crippen LogP) is 3.90. The van der Waals surface area contributed by atoms with Crippen LogP contribution in [0, 0.1) is 0 Å². The van der Waals surface area contributed by atoms with Crippen molar-refractivity contribution in [2.45, 2.75) is 28.6 Å². The standard InChI is InChI=1S/C20H21BrN2O4S2/c1-28(24,25)15-6-7-18(21)20(12-15)29(26,27)23-10-8-14(9-11-23)17-13-22-19-5-3-2-4-16(17)19/h2-7,12-14,22H,8-11H2,1H3. The second kappa shape index (κ2) is 7.54. The van der Waals surface area contributed by atoms with Crippen LogP contribution in [0.15, 0.2) is 62.9 Å². The summed E-state index contributed by atoms with van der Waals surface area (Å²) in [5, 5.41) is 1.18. The molecule has 1 aliphatic rings. The van der Waals surface area contributed by atoms with E-state index in [0.29, 0.717) is 30.4 Å². The highest BCUT2D eigenvalue weighted by Crippen LogP contribution is 2.36. The van der Waals surface area contributed by atoms with Crippen LogP contribution in [0.5, 0.6) is 0 Å². The zero-order chi connectivity index (χ0) is 20.8. The predicted molar refractivity (Wildman–Crippen MR) is 116 cm³/mol. The number of H-pyrrole nitrogens is 1. The summed E-state index contributed by atoms with van der Waals surface area (Å²) in [6, 6.07) is 12.2. The summed E-state index contributed by atoms with van der Waals surface area (Å²) in [4.78, 5) is 3.27. The van der Waals surface area contributed by atoms with Crippen molar-refractivity contribution in [3.63, 3.8) is 0 Å². The van der Waals surface area contributed by atoms with Crippen LogP contribution in [-0.2, 0) is 19.9 Å². The lowest BCUT2D eigenvalue weighted by atomic mass is 9.90. The fraction of sp³-hybridized carbons (Fsp3) is 0.300. The van der Waals surface area contributed by atoms with E-state index < -0.39 is 19.9 Å². The molecule has 2 aromatic carbocycles. The van der Waals surface area contributed by atoms with E-state index in [0.717, 1.165) is 11.8 Å². The summed E-state index contributed by atoms with van der Waals surface area (Å²) in [6.45, 7) is 0.782. The molecule has 0 bridgehead atoms. The molecule has 2 heterocycles. The summed E-state index contributed by atoms with van der Waals surface area (Å²) < 4.78 is 51.9. The lowest BCUT2D eigenvalue weighted by Crippen LogP contribution is -2.38. The van der Waals surface area contributed by atoms with Gasteiger partial charge in [-0.15, -0.1) is 0 Å². The van der Waals surface area contributed by atoms with E-state index in [4.69, 9.17) is 0 Å². The van der Waals surface area contributed by atoms with E-state index in [1.54, 1.807) is 0 Å². The molecule has 0 spiro atoms. The van der Waals surface area contributed by atoms with Crippen LogP contribution in [0.1, 0.15) is 24.3 Å².